The summed E-state index contributed by atoms with van der Waals surface area (Å²) in [7, 11) is 0. The molecule has 0 saturated carbocycles. The van der Waals surface area contributed by atoms with Crippen molar-refractivity contribution in [1.29, 1.82) is 5.41 Å². The Hall–Kier alpha value is -3.82. The highest BCUT2D eigenvalue weighted by Crippen LogP contribution is 2.28. The molecule has 2 aromatic carbocycles. The van der Waals surface area contributed by atoms with Gasteiger partial charge in [0, 0.05) is 17.5 Å². The molecule has 0 unspecified atom stereocenters. The number of para-hydroxylation sites is 1. The number of alkyl halides is 3. The van der Waals surface area contributed by atoms with E-state index in [0.717, 1.165) is 15.4 Å². The number of thiophene rings is 1. The molecule has 0 aliphatic rings. The van der Waals surface area contributed by atoms with E-state index in [1.807, 2.05) is 30.3 Å². The molecule has 0 aliphatic carbocycles. The summed E-state index contributed by atoms with van der Waals surface area (Å²) in [6.07, 6.45) is -3.84. The lowest BCUT2D eigenvalue weighted by molar-refractivity contribution is -0.0605. The van der Waals surface area contributed by atoms with Crippen LogP contribution >= 0.6 is 22.9 Å². The van der Waals surface area contributed by atoms with Gasteiger partial charge in [0.25, 0.3) is 0 Å². The Labute approximate surface area is 219 Å². The van der Waals surface area contributed by atoms with Gasteiger partial charge in [-0.1, -0.05) is 41.9 Å². The zero-order valence-corrected chi connectivity index (χ0v) is 20.7. The Balaban J connectivity index is 1.48. The van der Waals surface area contributed by atoms with E-state index in [1.165, 1.54) is 35.6 Å². The molecule has 2 heterocycles. The Morgan fingerprint density at radius 3 is 2.35 bits per heavy atom. The molecule has 0 atom stereocenters. The van der Waals surface area contributed by atoms with Crippen LogP contribution in [0.1, 0.15) is 27.2 Å². The number of pyridine rings is 1. The number of hydrogen-bond acceptors (Lipinski definition) is 6. The molecule has 0 fully saturated rings. The van der Waals surface area contributed by atoms with Crippen LogP contribution in [0.25, 0.3) is 10.6 Å². The van der Waals surface area contributed by atoms with Gasteiger partial charge in [-0.05, 0) is 54.1 Å². The first kappa shape index (κ1) is 26.2. The average Bonchev–Trinajstić information content (AvgIpc) is 3.37. The minimum Gasteiger partial charge on any atom is -0.456 e. The molecule has 1 N–H and O–H groups in total. The highest BCUT2D eigenvalue weighted by atomic mass is 35.5. The van der Waals surface area contributed by atoms with Crippen LogP contribution in [0.4, 0.5) is 18.9 Å². The molecular formula is C27H19ClF3N3O2S. The Kier molecular flexibility index (Phi) is 8.15. The Morgan fingerprint density at radius 1 is 0.973 bits per heavy atom. The van der Waals surface area contributed by atoms with Crippen LogP contribution in [-0.2, 0) is 11.3 Å². The molecule has 0 spiro atoms. The van der Waals surface area contributed by atoms with Gasteiger partial charge in [0.2, 0.25) is 0 Å². The largest absolute Gasteiger partial charge is 0.456 e. The van der Waals surface area contributed by atoms with Gasteiger partial charge in [-0.25, -0.2) is 4.79 Å². The molecule has 0 amide bonds. The number of nitrogens with zero attached hydrogens (tertiary/aromatic N) is 2. The van der Waals surface area contributed by atoms with E-state index in [2.05, 4.69) is 9.98 Å². The highest BCUT2D eigenvalue weighted by Gasteiger charge is 2.35. The monoisotopic (exact) mass is 541 g/mol. The van der Waals surface area contributed by atoms with Crippen molar-refractivity contribution in [3.8, 4) is 10.6 Å². The van der Waals surface area contributed by atoms with Crippen LogP contribution in [0.2, 0.25) is 5.02 Å². The number of carbonyl (C=O) groups excluding carboxylic acids is 1. The van der Waals surface area contributed by atoms with E-state index >= 15 is 0 Å². The molecule has 0 radical (unpaired) electrons. The second-order valence-corrected chi connectivity index (χ2v) is 9.37. The maximum atomic E-state index is 13.1. The fraction of sp³-hybridized carbons (Fsp3) is 0.111. The molecule has 10 heteroatoms. The van der Waals surface area contributed by atoms with Gasteiger partial charge >= 0.3 is 12.1 Å². The SMILES string of the molecule is N=C(CC(=Nc1ccccc1Cl)c1ccc(C(=O)OCc2ccc(-c3ccccn3)s2)cc1)C(F)(F)F. The third-order valence-electron chi connectivity index (χ3n) is 5.17. The Morgan fingerprint density at radius 2 is 1.68 bits per heavy atom. The molecule has 4 aromatic rings. The van der Waals surface area contributed by atoms with E-state index in [0.29, 0.717) is 5.56 Å². The lowest BCUT2D eigenvalue weighted by Gasteiger charge is -2.12. The second-order valence-electron chi connectivity index (χ2n) is 7.80. The number of ether oxygens (including phenoxy) is 1. The van der Waals surface area contributed by atoms with E-state index in [-0.39, 0.29) is 28.6 Å². The molecule has 4 rings (SSSR count). The number of aliphatic imine (C=N–C) groups is 1. The molecular weight excluding hydrogens is 523 g/mol. The number of nitrogens with one attached hydrogen (secondary N) is 1. The van der Waals surface area contributed by atoms with Gasteiger partial charge in [-0.3, -0.25) is 9.98 Å². The van der Waals surface area contributed by atoms with Crippen molar-refractivity contribution in [2.24, 2.45) is 4.99 Å². The van der Waals surface area contributed by atoms with Crippen molar-refractivity contribution in [3.63, 3.8) is 0 Å². The van der Waals surface area contributed by atoms with Crippen LogP contribution in [0.15, 0.2) is 90.1 Å². The van der Waals surface area contributed by atoms with E-state index in [9.17, 15) is 18.0 Å². The smallest absolute Gasteiger partial charge is 0.429 e. The van der Waals surface area contributed by atoms with Gasteiger partial charge in [0.05, 0.1) is 32.6 Å². The van der Waals surface area contributed by atoms with Crippen molar-refractivity contribution in [2.75, 3.05) is 0 Å². The van der Waals surface area contributed by atoms with Gasteiger partial charge in [-0.2, -0.15) is 13.2 Å². The predicted octanol–water partition coefficient (Wildman–Crippen LogP) is 7.91. The van der Waals surface area contributed by atoms with Gasteiger partial charge in [0.15, 0.2) is 0 Å². The number of aromatic nitrogens is 1. The first-order valence-electron chi connectivity index (χ1n) is 10.9. The Bertz CT molecular complexity index is 1440. The number of carbonyl (C=O) groups is 1. The third kappa shape index (κ3) is 6.90. The first-order chi connectivity index (χ1) is 17.7. The topological polar surface area (TPSA) is 75.4 Å². The molecule has 0 bridgehead atoms. The summed E-state index contributed by atoms with van der Waals surface area (Å²) in [5.74, 6) is -0.577. The average molecular weight is 542 g/mol. The quantitative estimate of drug-likeness (QED) is 0.182. The zero-order valence-electron chi connectivity index (χ0n) is 19.1. The minimum absolute atomic E-state index is 0.00372. The molecule has 37 heavy (non-hydrogen) atoms. The summed E-state index contributed by atoms with van der Waals surface area (Å²) in [6, 6.07) is 21.7. The van der Waals surface area contributed by atoms with Crippen LogP contribution in [0, 0.1) is 5.41 Å². The fourth-order valence-corrected chi connectivity index (χ4v) is 4.36. The summed E-state index contributed by atoms with van der Waals surface area (Å²) in [5.41, 5.74) is 0.211. The minimum atomic E-state index is -4.79. The third-order valence-corrected chi connectivity index (χ3v) is 6.57. The van der Waals surface area contributed by atoms with Crippen molar-refractivity contribution in [2.45, 2.75) is 19.2 Å². The molecule has 0 aliphatic heterocycles. The molecule has 0 saturated heterocycles. The van der Waals surface area contributed by atoms with Crippen LogP contribution < -0.4 is 0 Å². The number of rotatable bonds is 8. The fourth-order valence-electron chi connectivity index (χ4n) is 3.28. The normalized spacial score (nSPS) is 11.8. The van der Waals surface area contributed by atoms with E-state index in [1.54, 1.807) is 30.5 Å². The van der Waals surface area contributed by atoms with E-state index in [4.69, 9.17) is 21.7 Å². The van der Waals surface area contributed by atoms with Crippen molar-refractivity contribution < 1.29 is 22.7 Å². The van der Waals surface area contributed by atoms with Crippen molar-refractivity contribution in [3.05, 3.63) is 106 Å². The number of halogens is 4. The summed E-state index contributed by atoms with van der Waals surface area (Å²) >= 11 is 7.58. The second kappa shape index (κ2) is 11.5. The predicted molar refractivity (Wildman–Crippen MR) is 139 cm³/mol. The molecule has 5 nitrogen and oxygen atoms in total. The summed E-state index contributed by atoms with van der Waals surface area (Å²) in [4.78, 5) is 22.9. The summed E-state index contributed by atoms with van der Waals surface area (Å²) in [6.45, 7) is 0.0695. The van der Waals surface area contributed by atoms with Crippen molar-refractivity contribution >= 4 is 46.0 Å². The maximum Gasteiger partial charge on any atom is 0.429 e. The summed E-state index contributed by atoms with van der Waals surface area (Å²) < 4.78 is 44.6. The van der Waals surface area contributed by atoms with Crippen LogP contribution in [0.3, 0.4) is 0 Å². The highest BCUT2D eigenvalue weighted by molar-refractivity contribution is 7.15. The van der Waals surface area contributed by atoms with E-state index < -0.39 is 24.3 Å². The molecule has 188 valence electrons. The lowest BCUT2D eigenvalue weighted by atomic mass is 10.0. The van der Waals surface area contributed by atoms with Gasteiger partial charge in [0.1, 0.15) is 12.3 Å². The maximum absolute atomic E-state index is 13.1. The number of benzene rings is 2. The van der Waals surface area contributed by atoms with Crippen molar-refractivity contribution in [1.82, 2.24) is 4.98 Å². The van der Waals surface area contributed by atoms with Gasteiger partial charge < -0.3 is 10.1 Å². The van der Waals surface area contributed by atoms with Crippen LogP contribution in [0.5, 0.6) is 0 Å². The summed E-state index contributed by atoms with van der Waals surface area (Å²) in [5, 5.41) is 7.69. The van der Waals surface area contributed by atoms with Crippen LogP contribution in [-0.4, -0.2) is 28.6 Å². The first-order valence-corrected chi connectivity index (χ1v) is 12.1. The molecule has 2 aromatic heterocycles. The zero-order chi connectivity index (χ0) is 26.4. The lowest BCUT2D eigenvalue weighted by Crippen LogP contribution is -2.25. The number of esters is 1. The number of hydrogen-bond donors (Lipinski definition) is 1. The standard InChI is InChI=1S/C27H19ClF3N3O2S/c28-20-5-1-2-6-21(20)34-23(15-25(32)27(29,30)31)17-8-10-18(11-9-17)26(35)36-16-19-12-13-24(37-19)22-7-3-4-14-33-22/h1-14,32H,15-16H2. The van der Waals surface area contributed by atoms with Gasteiger partial charge in [-0.15, -0.1) is 11.3 Å².